The van der Waals surface area contributed by atoms with Crippen molar-refractivity contribution < 1.29 is 8.42 Å². The standard InChI is InChI=1S/C20H26N2O2S.ClH/c1-2-21-16-17-12-14-22(15-13-17)25(23,24)20-10-8-19(9-11-20)18-6-4-3-5-7-18;/h3-11,17,21H,2,12-16H2,1H3;1H. The summed E-state index contributed by atoms with van der Waals surface area (Å²) in [5.74, 6) is 0.576. The minimum absolute atomic E-state index is 0. The molecular formula is C20H27ClN2O2S. The molecule has 0 spiro atoms. The third-order valence-electron chi connectivity index (χ3n) is 4.86. The predicted octanol–water partition coefficient (Wildman–Crippen LogP) is 3.79. The molecule has 1 aliphatic heterocycles. The third kappa shape index (κ3) is 4.86. The van der Waals surface area contributed by atoms with Gasteiger partial charge in [-0.05, 0) is 55.1 Å². The summed E-state index contributed by atoms with van der Waals surface area (Å²) in [4.78, 5) is 0.386. The molecule has 0 saturated carbocycles. The SMILES string of the molecule is CCNCC1CCN(S(=O)(=O)c2ccc(-c3ccccc3)cc2)CC1.Cl. The van der Waals surface area contributed by atoms with Crippen LogP contribution >= 0.6 is 12.4 Å². The average Bonchev–Trinajstić information content (AvgIpc) is 2.67. The van der Waals surface area contributed by atoms with Crippen molar-refractivity contribution in [3.05, 3.63) is 54.6 Å². The molecule has 1 N–H and O–H groups in total. The first-order valence-corrected chi connectivity index (χ1v) is 10.4. The molecule has 0 aliphatic carbocycles. The molecule has 1 fully saturated rings. The van der Waals surface area contributed by atoms with E-state index in [1.807, 2.05) is 42.5 Å². The smallest absolute Gasteiger partial charge is 0.243 e. The van der Waals surface area contributed by atoms with Gasteiger partial charge in [0.2, 0.25) is 10.0 Å². The zero-order valence-corrected chi connectivity index (χ0v) is 16.7. The van der Waals surface area contributed by atoms with Gasteiger partial charge in [-0.1, -0.05) is 49.4 Å². The second kappa shape index (κ2) is 9.51. The fraction of sp³-hybridized carbons (Fsp3) is 0.400. The molecule has 2 aromatic rings. The maximum atomic E-state index is 12.9. The highest BCUT2D eigenvalue weighted by molar-refractivity contribution is 7.89. The lowest BCUT2D eigenvalue weighted by Gasteiger charge is -2.31. The summed E-state index contributed by atoms with van der Waals surface area (Å²) in [6, 6.07) is 17.2. The highest BCUT2D eigenvalue weighted by Crippen LogP contribution is 2.26. The zero-order valence-electron chi connectivity index (χ0n) is 15.1. The van der Waals surface area contributed by atoms with Crippen molar-refractivity contribution >= 4 is 22.4 Å². The van der Waals surface area contributed by atoms with Crippen LogP contribution in [-0.2, 0) is 10.0 Å². The van der Waals surface area contributed by atoms with Gasteiger partial charge >= 0.3 is 0 Å². The molecule has 1 aliphatic rings. The molecule has 1 saturated heterocycles. The van der Waals surface area contributed by atoms with Gasteiger partial charge in [-0.3, -0.25) is 0 Å². The van der Waals surface area contributed by atoms with Gasteiger partial charge in [0.25, 0.3) is 0 Å². The van der Waals surface area contributed by atoms with Crippen LogP contribution in [0.2, 0.25) is 0 Å². The first kappa shape index (κ1) is 20.9. The first-order valence-electron chi connectivity index (χ1n) is 8.97. The van der Waals surface area contributed by atoms with Gasteiger partial charge in [0.15, 0.2) is 0 Å². The summed E-state index contributed by atoms with van der Waals surface area (Å²) in [5, 5.41) is 3.36. The van der Waals surface area contributed by atoms with Gasteiger partial charge in [-0.25, -0.2) is 8.42 Å². The van der Waals surface area contributed by atoms with Crippen LogP contribution in [0.4, 0.5) is 0 Å². The molecule has 0 amide bonds. The summed E-state index contributed by atoms with van der Waals surface area (Å²) in [6.45, 7) is 5.26. The first-order chi connectivity index (χ1) is 12.1. The predicted molar refractivity (Wildman–Crippen MR) is 109 cm³/mol. The van der Waals surface area contributed by atoms with Crippen molar-refractivity contribution in [2.24, 2.45) is 5.92 Å². The summed E-state index contributed by atoms with van der Waals surface area (Å²) < 4.78 is 27.4. The van der Waals surface area contributed by atoms with Gasteiger partial charge in [-0.15, -0.1) is 12.4 Å². The molecule has 3 rings (SSSR count). The van der Waals surface area contributed by atoms with Crippen molar-refractivity contribution in [3.8, 4) is 11.1 Å². The molecule has 0 unspecified atom stereocenters. The quantitative estimate of drug-likeness (QED) is 0.810. The van der Waals surface area contributed by atoms with Crippen molar-refractivity contribution in [2.75, 3.05) is 26.2 Å². The number of nitrogens with one attached hydrogen (secondary N) is 1. The Bertz CT molecular complexity index is 771. The zero-order chi connectivity index (χ0) is 17.7. The topological polar surface area (TPSA) is 49.4 Å². The normalized spacial score (nSPS) is 16.2. The van der Waals surface area contributed by atoms with Gasteiger partial charge in [0, 0.05) is 13.1 Å². The number of nitrogens with zero attached hydrogens (tertiary/aromatic N) is 1. The van der Waals surface area contributed by atoms with Crippen LogP contribution in [0.5, 0.6) is 0 Å². The van der Waals surface area contributed by atoms with Crippen LogP contribution in [0, 0.1) is 5.92 Å². The third-order valence-corrected chi connectivity index (χ3v) is 6.77. The minimum Gasteiger partial charge on any atom is -0.317 e. The summed E-state index contributed by atoms with van der Waals surface area (Å²) in [6.07, 6.45) is 1.85. The van der Waals surface area contributed by atoms with Crippen LogP contribution in [0.25, 0.3) is 11.1 Å². The Balaban J connectivity index is 0.00000243. The highest BCUT2D eigenvalue weighted by Gasteiger charge is 2.29. The number of sulfonamides is 1. The number of hydrogen-bond acceptors (Lipinski definition) is 3. The molecule has 26 heavy (non-hydrogen) atoms. The van der Waals surface area contributed by atoms with E-state index in [2.05, 4.69) is 12.2 Å². The van der Waals surface area contributed by atoms with Gasteiger partial charge in [0.1, 0.15) is 0 Å². The Labute approximate surface area is 163 Å². The summed E-state index contributed by atoms with van der Waals surface area (Å²) in [5.41, 5.74) is 2.12. The van der Waals surface area contributed by atoms with E-state index in [0.717, 1.165) is 37.1 Å². The lowest BCUT2D eigenvalue weighted by Crippen LogP contribution is -2.40. The Morgan fingerprint density at radius 2 is 1.54 bits per heavy atom. The molecule has 0 atom stereocenters. The lowest BCUT2D eigenvalue weighted by molar-refractivity contribution is 0.268. The summed E-state index contributed by atoms with van der Waals surface area (Å²) >= 11 is 0. The van der Waals surface area contributed by atoms with E-state index < -0.39 is 10.0 Å². The minimum atomic E-state index is -3.39. The van der Waals surface area contributed by atoms with Crippen LogP contribution in [0.3, 0.4) is 0 Å². The van der Waals surface area contributed by atoms with Gasteiger partial charge < -0.3 is 5.32 Å². The maximum Gasteiger partial charge on any atom is 0.243 e. The highest BCUT2D eigenvalue weighted by atomic mass is 35.5. The molecule has 0 radical (unpaired) electrons. The van der Waals surface area contributed by atoms with E-state index >= 15 is 0 Å². The van der Waals surface area contributed by atoms with Crippen molar-refractivity contribution in [1.82, 2.24) is 9.62 Å². The molecule has 4 nitrogen and oxygen atoms in total. The van der Waals surface area contributed by atoms with Crippen LogP contribution in [0.15, 0.2) is 59.5 Å². The number of rotatable bonds is 6. The van der Waals surface area contributed by atoms with Gasteiger partial charge in [0.05, 0.1) is 4.90 Å². The van der Waals surface area contributed by atoms with Crippen molar-refractivity contribution in [1.29, 1.82) is 0 Å². The van der Waals surface area contributed by atoms with E-state index in [1.54, 1.807) is 16.4 Å². The van der Waals surface area contributed by atoms with E-state index in [1.165, 1.54) is 0 Å². The number of piperidine rings is 1. The van der Waals surface area contributed by atoms with Gasteiger partial charge in [-0.2, -0.15) is 4.31 Å². The Kier molecular flexibility index (Phi) is 7.65. The molecular weight excluding hydrogens is 368 g/mol. The Morgan fingerprint density at radius 1 is 0.962 bits per heavy atom. The van der Waals surface area contributed by atoms with E-state index in [4.69, 9.17) is 0 Å². The molecule has 0 bridgehead atoms. The second-order valence-corrected chi connectivity index (χ2v) is 8.48. The van der Waals surface area contributed by atoms with Crippen molar-refractivity contribution in [3.63, 3.8) is 0 Å². The molecule has 142 valence electrons. The lowest BCUT2D eigenvalue weighted by atomic mass is 9.98. The number of hydrogen-bond donors (Lipinski definition) is 1. The maximum absolute atomic E-state index is 12.9. The Hall–Kier alpha value is -1.40. The fourth-order valence-corrected chi connectivity index (χ4v) is 4.77. The van der Waals surface area contributed by atoms with Crippen LogP contribution in [0.1, 0.15) is 19.8 Å². The van der Waals surface area contributed by atoms with Crippen LogP contribution < -0.4 is 5.32 Å². The van der Waals surface area contributed by atoms with E-state index in [-0.39, 0.29) is 12.4 Å². The molecule has 0 aromatic heterocycles. The average molecular weight is 395 g/mol. The molecule has 2 aromatic carbocycles. The van der Waals surface area contributed by atoms with Crippen molar-refractivity contribution in [2.45, 2.75) is 24.7 Å². The number of benzene rings is 2. The summed E-state index contributed by atoms with van der Waals surface area (Å²) in [7, 11) is -3.39. The Morgan fingerprint density at radius 3 is 2.12 bits per heavy atom. The number of halogens is 1. The van der Waals surface area contributed by atoms with E-state index in [9.17, 15) is 8.42 Å². The monoisotopic (exact) mass is 394 g/mol. The van der Waals surface area contributed by atoms with E-state index in [0.29, 0.717) is 23.9 Å². The fourth-order valence-electron chi connectivity index (χ4n) is 3.30. The largest absolute Gasteiger partial charge is 0.317 e. The molecule has 1 heterocycles. The second-order valence-electron chi connectivity index (χ2n) is 6.55. The van der Waals surface area contributed by atoms with Crippen LogP contribution in [-0.4, -0.2) is 38.9 Å². The molecule has 6 heteroatoms.